The van der Waals surface area contributed by atoms with Crippen molar-refractivity contribution in [3.8, 4) is 0 Å². The van der Waals surface area contributed by atoms with Crippen LogP contribution in [0.15, 0.2) is 36.4 Å². The number of nitrogens with zero attached hydrogens (tertiary/aromatic N) is 6. The lowest BCUT2D eigenvalue weighted by Crippen LogP contribution is -2.49. The average Bonchev–Trinajstić information content (AvgIpc) is 3.09. The number of anilines is 1. The van der Waals surface area contributed by atoms with Crippen LogP contribution in [-0.4, -0.2) is 56.7 Å². The Labute approximate surface area is 190 Å². The number of benzene rings is 1. The minimum atomic E-state index is 0.0848. The van der Waals surface area contributed by atoms with Crippen LogP contribution in [0.2, 0.25) is 0 Å². The first kappa shape index (κ1) is 22.0. The van der Waals surface area contributed by atoms with Gasteiger partial charge in [0.15, 0.2) is 0 Å². The summed E-state index contributed by atoms with van der Waals surface area (Å²) in [5.41, 5.74) is 4.93. The molecule has 0 spiro atoms. The normalized spacial score (nSPS) is 14.3. The summed E-state index contributed by atoms with van der Waals surface area (Å²) >= 11 is 0. The van der Waals surface area contributed by atoms with Gasteiger partial charge < -0.3 is 9.80 Å². The summed E-state index contributed by atoms with van der Waals surface area (Å²) in [6, 6.07) is 12.0. The van der Waals surface area contributed by atoms with Crippen molar-refractivity contribution in [3.63, 3.8) is 0 Å². The maximum atomic E-state index is 13.2. The minimum Gasteiger partial charge on any atom is -0.353 e. The van der Waals surface area contributed by atoms with Crippen molar-refractivity contribution < 1.29 is 4.79 Å². The lowest BCUT2D eigenvalue weighted by Gasteiger charge is -2.35. The number of hydrogen-bond donors (Lipinski definition) is 0. The second kappa shape index (κ2) is 9.10. The van der Waals surface area contributed by atoms with Crippen LogP contribution in [-0.2, 0) is 6.54 Å². The highest BCUT2D eigenvalue weighted by Gasteiger charge is 2.24. The minimum absolute atomic E-state index is 0.0848. The first-order valence-corrected chi connectivity index (χ1v) is 11.3. The van der Waals surface area contributed by atoms with Crippen molar-refractivity contribution in [1.82, 2.24) is 24.6 Å². The number of carbonyl (C=O) groups excluding carboxylic acids is 1. The summed E-state index contributed by atoms with van der Waals surface area (Å²) in [5.74, 6) is 2.21. The van der Waals surface area contributed by atoms with Gasteiger partial charge in [0.25, 0.3) is 5.91 Å². The van der Waals surface area contributed by atoms with Gasteiger partial charge in [0.05, 0.1) is 12.2 Å². The Kier molecular flexibility index (Phi) is 6.26. The van der Waals surface area contributed by atoms with Gasteiger partial charge in [0.1, 0.15) is 11.6 Å². The predicted octanol–water partition coefficient (Wildman–Crippen LogP) is 3.73. The Morgan fingerprint density at radius 1 is 0.969 bits per heavy atom. The first-order chi connectivity index (χ1) is 15.3. The molecule has 0 unspecified atom stereocenters. The van der Waals surface area contributed by atoms with Crippen molar-refractivity contribution >= 4 is 11.7 Å². The number of hydrogen-bond acceptors (Lipinski definition) is 5. The van der Waals surface area contributed by atoms with E-state index in [-0.39, 0.29) is 5.91 Å². The maximum absolute atomic E-state index is 13.2. The number of rotatable bonds is 5. The van der Waals surface area contributed by atoms with Crippen LogP contribution < -0.4 is 4.90 Å². The van der Waals surface area contributed by atoms with Gasteiger partial charge >= 0.3 is 0 Å². The molecule has 2 aromatic heterocycles. The zero-order chi connectivity index (χ0) is 22.8. The fourth-order valence-electron chi connectivity index (χ4n) is 4.13. The predicted molar refractivity (Wildman–Crippen MR) is 126 cm³/mol. The van der Waals surface area contributed by atoms with Crippen LogP contribution >= 0.6 is 0 Å². The molecule has 1 saturated heterocycles. The Bertz CT molecular complexity index is 1110. The molecule has 0 radical (unpaired) electrons. The van der Waals surface area contributed by atoms with Gasteiger partial charge in [-0.1, -0.05) is 26.0 Å². The standard InChI is InChI=1S/C25H32N6O/c1-17(2)24-26-18(3)14-23(27-24)29-9-11-30(12-10-29)25(32)22-8-6-7-21(15-22)16-31-20(5)13-19(4)28-31/h6-8,13-15,17H,9-12,16H2,1-5H3. The molecule has 32 heavy (non-hydrogen) atoms. The molecule has 7 nitrogen and oxygen atoms in total. The molecule has 1 aliphatic rings. The number of carbonyl (C=O) groups is 1. The Balaban J connectivity index is 1.42. The summed E-state index contributed by atoms with van der Waals surface area (Å²) in [7, 11) is 0. The summed E-state index contributed by atoms with van der Waals surface area (Å²) < 4.78 is 1.98. The molecule has 1 fully saturated rings. The molecule has 0 atom stereocenters. The van der Waals surface area contributed by atoms with E-state index in [9.17, 15) is 4.79 Å². The summed E-state index contributed by atoms with van der Waals surface area (Å²) in [4.78, 5) is 26.7. The molecule has 3 aromatic rings. The zero-order valence-electron chi connectivity index (χ0n) is 19.7. The fourth-order valence-corrected chi connectivity index (χ4v) is 4.13. The summed E-state index contributed by atoms with van der Waals surface area (Å²) in [6.07, 6.45) is 0. The molecule has 1 aromatic carbocycles. The van der Waals surface area contributed by atoms with Crippen LogP contribution in [0.25, 0.3) is 0 Å². The topological polar surface area (TPSA) is 67.2 Å². The van der Waals surface area contributed by atoms with Gasteiger partial charge in [-0.2, -0.15) is 5.10 Å². The molecular weight excluding hydrogens is 400 g/mol. The van der Waals surface area contributed by atoms with Gasteiger partial charge in [-0.15, -0.1) is 0 Å². The van der Waals surface area contributed by atoms with E-state index in [1.807, 2.05) is 47.7 Å². The monoisotopic (exact) mass is 432 g/mol. The van der Waals surface area contributed by atoms with Crippen molar-refractivity contribution in [2.45, 2.75) is 47.1 Å². The van der Waals surface area contributed by atoms with E-state index in [0.29, 0.717) is 25.6 Å². The summed E-state index contributed by atoms with van der Waals surface area (Å²) in [6.45, 7) is 13.8. The molecule has 4 rings (SSSR count). The summed E-state index contributed by atoms with van der Waals surface area (Å²) in [5, 5.41) is 4.54. The molecule has 0 saturated carbocycles. The highest BCUT2D eigenvalue weighted by atomic mass is 16.2. The van der Waals surface area contributed by atoms with Crippen molar-refractivity contribution in [3.05, 3.63) is 70.4 Å². The van der Waals surface area contributed by atoms with Gasteiger partial charge in [-0.3, -0.25) is 9.48 Å². The second-order valence-corrected chi connectivity index (χ2v) is 8.94. The molecular formula is C25H32N6O. The molecule has 0 bridgehead atoms. The van der Waals surface area contributed by atoms with Crippen LogP contribution in [0.1, 0.15) is 58.6 Å². The van der Waals surface area contributed by atoms with Crippen molar-refractivity contribution in [1.29, 1.82) is 0 Å². The van der Waals surface area contributed by atoms with Crippen LogP contribution in [0, 0.1) is 20.8 Å². The third-order valence-corrected chi connectivity index (χ3v) is 5.87. The smallest absolute Gasteiger partial charge is 0.253 e. The second-order valence-electron chi connectivity index (χ2n) is 8.94. The lowest BCUT2D eigenvalue weighted by atomic mass is 10.1. The van der Waals surface area contributed by atoms with Gasteiger partial charge in [-0.05, 0) is 44.5 Å². The highest BCUT2D eigenvalue weighted by molar-refractivity contribution is 5.94. The van der Waals surface area contributed by atoms with E-state index < -0.39 is 0 Å². The lowest BCUT2D eigenvalue weighted by molar-refractivity contribution is 0.0746. The van der Waals surface area contributed by atoms with Gasteiger partial charge in [0.2, 0.25) is 0 Å². The Morgan fingerprint density at radius 2 is 1.72 bits per heavy atom. The third kappa shape index (κ3) is 4.82. The van der Waals surface area contributed by atoms with Gasteiger partial charge in [0, 0.05) is 55.1 Å². The SMILES string of the molecule is Cc1cc(N2CCN(C(=O)c3cccc(Cn4nc(C)cc4C)c3)CC2)nc(C(C)C)n1. The molecule has 7 heteroatoms. The van der Waals surface area contributed by atoms with Crippen molar-refractivity contribution in [2.75, 3.05) is 31.1 Å². The number of aromatic nitrogens is 4. The Hall–Kier alpha value is -3.22. The van der Waals surface area contributed by atoms with Gasteiger partial charge in [-0.25, -0.2) is 9.97 Å². The maximum Gasteiger partial charge on any atom is 0.253 e. The van der Waals surface area contributed by atoms with Crippen LogP contribution in [0.5, 0.6) is 0 Å². The molecule has 1 aliphatic heterocycles. The average molecular weight is 433 g/mol. The largest absolute Gasteiger partial charge is 0.353 e. The number of piperazine rings is 1. The quantitative estimate of drug-likeness (QED) is 0.615. The van der Waals surface area contributed by atoms with E-state index in [1.165, 1.54) is 0 Å². The molecule has 1 amide bonds. The van der Waals surface area contributed by atoms with Crippen molar-refractivity contribution in [2.24, 2.45) is 0 Å². The van der Waals surface area contributed by atoms with E-state index >= 15 is 0 Å². The zero-order valence-corrected chi connectivity index (χ0v) is 19.7. The number of amides is 1. The fraction of sp³-hybridized carbons (Fsp3) is 0.440. The van der Waals surface area contributed by atoms with Crippen LogP contribution in [0.3, 0.4) is 0 Å². The number of aryl methyl sites for hydroxylation is 3. The third-order valence-electron chi connectivity index (χ3n) is 5.87. The molecule has 168 valence electrons. The van der Waals surface area contributed by atoms with E-state index in [4.69, 9.17) is 4.98 Å². The first-order valence-electron chi connectivity index (χ1n) is 11.3. The van der Waals surface area contributed by atoms with E-state index in [1.54, 1.807) is 0 Å². The van der Waals surface area contributed by atoms with Crippen LogP contribution in [0.4, 0.5) is 5.82 Å². The molecule has 0 N–H and O–H groups in total. The Morgan fingerprint density at radius 3 is 2.38 bits per heavy atom. The highest BCUT2D eigenvalue weighted by Crippen LogP contribution is 2.20. The van der Waals surface area contributed by atoms with E-state index in [0.717, 1.165) is 52.9 Å². The molecule has 0 aliphatic carbocycles. The van der Waals surface area contributed by atoms with E-state index in [2.05, 4.69) is 47.9 Å². The molecule has 3 heterocycles.